The Kier molecular flexibility index (Phi) is 1.99. The van der Waals surface area contributed by atoms with Crippen molar-refractivity contribution in [3.63, 3.8) is 0 Å². The number of oxazole rings is 1. The van der Waals surface area contributed by atoms with E-state index in [2.05, 4.69) is 23.7 Å². The smallest absolute Gasteiger partial charge is 0.220 e. The van der Waals surface area contributed by atoms with Crippen LogP contribution in [0.3, 0.4) is 0 Å². The van der Waals surface area contributed by atoms with Gasteiger partial charge in [-0.1, -0.05) is 13.8 Å². The molecule has 1 saturated heterocycles. The number of aromatic nitrogens is 1. The van der Waals surface area contributed by atoms with E-state index in [-0.39, 0.29) is 0 Å². The van der Waals surface area contributed by atoms with Gasteiger partial charge in [-0.05, 0) is 0 Å². The van der Waals surface area contributed by atoms with Crippen molar-refractivity contribution in [2.45, 2.75) is 32.2 Å². The third-order valence-corrected chi connectivity index (χ3v) is 3.10. The van der Waals surface area contributed by atoms with E-state index in [1.807, 2.05) is 0 Å². The average molecular weight is 208 g/mol. The van der Waals surface area contributed by atoms with Gasteiger partial charge < -0.3 is 14.1 Å². The van der Waals surface area contributed by atoms with Crippen LogP contribution < -0.4 is 4.90 Å². The predicted molar refractivity (Wildman–Crippen MR) is 56.2 cm³/mol. The quantitative estimate of drug-likeness (QED) is 0.739. The van der Waals surface area contributed by atoms with Gasteiger partial charge in [-0.25, -0.2) is 4.98 Å². The summed E-state index contributed by atoms with van der Waals surface area (Å²) in [6, 6.07) is 0.513. The second-order valence-electron chi connectivity index (χ2n) is 4.59. The van der Waals surface area contributed by atoms with Crippen molar-refractivity contribution >= 4 is 5.88 Å². The van der Waals surface area contributed by atoms with Crippen molar-refractivity contribution < 1.29 is 9.15 Å². The Labute approximate surface area is 89.2 Å². The van der Waals surface area contributed by atoms with Crippen molar-refractivity contribution in [3.8, 4) is 0 Å². The Balaban J connectivity index is 1.88. The third kappa shape index (κ3) is 1.35. The first kappa shape index (κ1) is 9.21. The zero-order valence-corrected chi connectivity index (χ0v) is 9.19. The molecule has 3 rings (SSSR count). The highest BCUT2D eigenvalue weighted by Crippen LogP contribution is 2.33. The topological polar surface area (TPSA) is 38.5 Å². The molecular weight excluding hydrogens is 192 g/mol. The van der Waals surface area contributed by atoms with Crippen LogP contribution in [0, 0.1) is 0 Å². The van der Waals surface area contributed by atoms with Crippen molar-refractivity contribution in [1.82, 2.24) is 4.98 Å². The summed E-state index contributed by atoms with van der Waals surface area (Å²) in [7, 11) is 0. The lowest BCUT2D eigenvalue weighted by Crippen LogP contribution is -2.48. The van der Waals surface area contributed by atoms with E-state index in [1.165, 1.54) is 0 Å². The third-order valence-electron chi connectivity index (χ3n) is 3.10. The lowest BCUT2D eigenvalue weighted by molar-refractivity contribution is 0.00752. The number of rotatable bonds is 2. The van der Waals surface area contributed by atoms with Crippen molar-refractivity contribution in [1.29, 1.82) is 0 Å². The minimum Gasteiger partial charge on any atom is -0.425 e. The zero-order valence-electron chi connectivity index (χ0n) is 9.19. The molecule has 0 bridgehead atoms. The summed E-state index contributed by atoms with van der Waals surface area (Å²) in [5, 5.41) is 0. The number of anilines is 1. The first-order valence-corrected chi connectivity index (χ1v) is 5.59. The molecule has 0 unspecified atom stereocenters. The fourth-order valence-corrected chi connectivity index (χ4v) is 2.08. The maximum Gasteiger partial charge on any atom is 0.220 e. The highest BCUT2D eigenvalue weighted by molar-refractivity contribution is 5.48. The Morgan fingerprint density at radius 1 is 1.40 bits per heavy atom. The molecule has 1 aromatic rings. The standard InChI is InChI=1S/C11H16N2O2/c1-7(2)10-12-9-3-4-13(11(9)15-10)8-5-14-6-8/h7-8H,3-6H2,1-2H3. The zero-order chi connectivity index (χ0) is 10.4. The molecule has 4 nitrogen and oxygen atoms in total. The van der Waals surface area contributed by atoms with Gasteiger partial charge in [-0.2, -0.15) is 0 Å². The molecule has 0 aliphatic carbocycles. The minimum atomic E-state index is 0.370. The number of nitrogens with zero attached hydrogens (tertiary/aromatic N) is 2. The summed E-state index contributed by atoms with van der Waals surface area (Å²) in [6.45, 7) is 6.91. The van der Waals surface area contributed by atoms with E-state index in [9.17, 15) is 0 Å². The van der Waals surface area contributed by atoms with E-state index in [0.29, 0.717) is 12.0 Å². The largest absolute Gasteiger partial charge is 0.425 e. The van der Waals surface area contributed by atoms with Crippen molar-refractivity contribution in [2.75, 3.05) is 24.7 Å². The summed E-state index contributed by atoms with van der Waals surface area (Å²) in [5.41, 5.74) is 1.13. The molecular formula is C11H16N2O2. The van der Waals surface area contributed by atoms with Crippen LogP contribution in [0.25, 0.3) is 0 Å². The maximum absolute atomic E-state index is 5.82. The Morgan fingerprint density at radius 3 is 2.80 bits per heavy atom. The van der Waals surface area contributed by atoms with Crippen molar-refractivity contribution in [3.05, 3.63) is 11.6 Å². The summed E-state index contributed by atoms with van der Waals surface area (Å²) >= 11 is 0. The first-order valence-electron chi connectivity index (χ1n) is 5.59. The molecule has 82 valence electrons. The molecule has 0 saturated carbocycles. The Bertz CT molecular complexity index is 369. The van der Waals surface area contributed by atoms with Crippen LogP contribution in [0.2, 0.25) is 0 Å². The second kappa shape index (κ2) is 3.23. The van der Waals surface area contributed by atoms with Gasteiger partial charge in [0.1, 0.15) is 5.69 Å². The van der Waals surface area contributed by atoms with Gasteiger partial charge >= 0.3 is 0 Å². The molecule has 4 heteroatoms. The maximum atomic E-state index is 5.82. The normalized spacial score (nSPS) is 20.9. The van der Waals surface area contributed by atoms with Gasteiger partial charge in [0.15, 0.2) is 5.89 Å². The molecule has 1 fully saturated rings. The van der Waals surface area contributed by atoms with E-state index in [4.69, 9.17) is 9.15 Å². The molecule has 0 radical (unpaired) electrons. The van der Waals surface area contributed by atoms with Gasteiger partial charge in [0.2, 0.25) is 5.88 Å². The molecule has 1 aromatic heterocycles. The minimum absolute atomic E-state index is 0.370. The van der Waals surface area contributed by atoms with Gasteiger partial charge in [0.25, 0.3) is 0 Å². The highest BCUT2D eigenvalue weighted by atomic mass is 16.5. The Morgan fingerprint density at radius 2 is 2.20 bits per heavy atom. The summed E-state index contributed by atoms with van der Waals surface area (Å²) in [4.78, 5) is 6.84. The van der Waals surface area contributed by atoms with Gasteiger partial charge in [0.05, 0.1) is 19.3 Å². The number of hydrogen-bond acceptors (Lipinski definition) is 4. The number of hydrogen-bond donors (Lipinski definition) is 0. The van der Waals surface area contributed by atoms with Crippen LogP contribution in [0.15, 0.2) is 4.42 Å². The van der Waals surface area contributed by atoms with E-state index in [1.54, 1.807) is 0 Å². The molecule has 0 atom stereocenters. The summed E-state index contributed by atoms with van der Waals surface area (Å²) in [5.74, 6) is 2.23. The SMILES string of the molecule is CC(C)c1nc2c(o1)N(C1COC1)CC2. The Hall–Kier alpha value is -1.03. The fraction of sp³-hybridized carbons (Fsp3) is 0.727. The van der Waals surface area contributed by atoms with Gasteiger partial charge in [-0.15, -0.1) is 0 Å². The van der Waals surface area contributed by atoms with E-state index in [0.717, 1.165) is 43.6 Å². The van der Waals surface area contributed by atoms with Crippen LogP contribution in [-0.2, 0) is 11.2 Å². The predicted octanol–water partition coefficient (Wildman–Crippen LogP) is 1.56. The van der Waals surface area contributed by atoms with Gasteiger partial charge in [-0.3, -0.25) is 0 Å². The van der Waals surface area contributed by atoms with Crippen LogP contribution >= 0.6 is 0 Å². The fourth-order valence-electron chi connectivity index (χ4n) is 2.08. The first-order chi connectivity index (χ1) is 7.25. The lowest BCUT2D eigenvalue weighted by atomic mass is 10.2. The monoisotopic (exact) mass is 208 g/mol. The van der Waals surface area contributed by atoms with Crippen LogP contribution in [0.4, 0.5) is 5.88 Å². The van der Waals surface area contributed by atoms with Crippen LogP contribution in [0.1, 0.15) is 31.4 Å². The highest BCUT2D eigenvalue weighted by Gasteiger charge is 2.35. The molecule has 2 aliphatic heterocycles. The molecule has 0 amide bonds. The van der Waals surface area contributed by atoms with Gasteiger partial charge in [0, 0.05) is 18.9 Å². The van der Waals surface area contributed by atoms with E-state index < -0.39 is 0 Å². The van der Waals surface area contributed by atoms with Crippen LogP contribution in [0.5, 0.6) is 0 Å². The van der Waals surface area contributed by atoms with Crippen LogP contribution in [-0.4, -0.2) is 30.8 Å². The number of ether oxygens (including phenoxy) is 1. The van der Waals surface area contributed by atoms with Crippen molar-refractivity contribution in [2.24, 2.45) is 0 Å². The molecule has 0 spiro atoms. The summed E-state index contributed by atoms with van der Waals surface area (Å²) < 4.78 is 11.0. The number of fused-ring (bicyclic) bond motifs is 1. The second-order valence-corrected chi connectivity index (χ2v) is 4.59. The van der Waals surface area contributed by atoms with E-state index >= 15 is 0 Å². The molecule has 15 heavy (non-hydrogen) atoms. The molecule has 0 aromatic carbocycles. The summed E-state index contributed by atoms with van der Waals surface area (Å²) in [6.07, 6.45) is 1.02. The molecule has 3 heterocycles. The lowest BCUT2D eigenvalue weighted by Gasteiger charge is -2.34. The molecule has 2 aliphatic rings. The average Bonchev–Trinajstić information content (AvgIpc) is 2.63. The molecule has 0 N–H and O–H groups in total.